The third kappa shape index (κ3) is 2.52. The summed E-state index contributed by atoms with van der Waals surface area (Å²) < 4.78 is 20.1. The Morgan fingerprint density at radius 2 is 2.08 bits per heavy atom. The molecule has 0 bridgehead atoms. The molecular formula is C21H14FN3O. The van der Waals surface area contributed by atoms with Gasteiger partial charge in [0.05, 0.1) is 30.6 Å². The zero-order valence-electron chi connectivity index (χ0n) is 14.0. The number of rotatable bonds is 2. The lowest BCUT2D eigenvalue weighted by atomic mass is 9.93. The van der Waals surface area contributed by atoms with E-state index in [4.69, 9.17) is 11.2 Å². The van der Waals surface area contributed by atoms with Gasteiger partial charge in [-0.05, 0) is 24.3 Å². The van der Waals surface area contributed by atoms with E-state index in [-0.39, 0.29) is 0 Å². The molecule has 2 heterocycles. The highest BCUT2D eigenvalue weighted by molar-refractivity contribution is 6.18. The van der Waals surface area contributed by atoms with Gasteiger partial charge in [0.15, 0.2) is 0 Å². The van der Waals surface area contributed by atoms with Gasteiger partial charge in [0.25, 0.3) is 0 Å². The lowest BCUT2D eigenvalue weighted by Gasteiger charge is -2.14. The number of hydrogen-bond donors (Lipinski definition) is 0. The number of nitrogens with zero attached hydrogens (tertiary/aromatic N) is 3. The summed E-state index contributed by atoms with van der Waals surface area (Å²) in [6.07, 6.45) is 8.79. The van der Waals surface area contributed by atoms with Gasteiger partial charge in [-0.15, -0.1) is 6.42 Å². The van der Waals surface area contributed by atoms with Gasteiger partial charge >= 0.3 is 0 Å². The van der Waals surface area contributed by atoms with Crippen molar-refractivity contribution in [2.75, 3.05) is 7.11 Å². The number of benzene rings is 2. The summed E-state index contributed by atoms with van der Waals surface area (Å²) in [5.41, 5.74) is 4.69. The van der Waals surface area contributed by atoms with E-state index in [0.717, 1.165) is 22.4 Å². The van der Waals surface area contributed by atoms with Crippen molar-refractivity contribution in [2.24, 2.45) is 4.99 Å². The molecule has 1 aliphatic heterocycles. The molecule has 0 aliphatic carbocycles. The smallest absolute Gasteiger partial charge is 0.136 e. The van der Waals surface area contributed by atoms with Crippen molar-refractivity contribution < 1.29 is 9.13 Å². The molecule has 0 fully saturated rings. The highest BCUT2D eigenvalue weighted by Crippen LogP contribution is 2.34. The SMILES string of the molecule is C#Cc1ccc2c(c1)C(c1c(F)cccc1OC)=NCc1cncnc1-2. The fourth-order valence-corrected chi connectivity index (χ4v) is 3.12. The van der Waals surface area contributed by atoms with Crippen LogP contribution in [-0.2, 0) is 6.54 Å². The summed E-state index contributed by atoms with van der Waals surface area (Å²) in [6, 6.07) is 10.3. The number of halogens is 1. The number of ether oxygens (including phenoxy) is 1. The molecule has 4 rings (SSSR count). The van der Waals surface area contributed by atoms with Crippen molar-refractivity contribution >= 4 is 5.71 Å². The van der Waals surface area contributed by atoms with Crippen LogP contribution in [0, 0.1) is 18.2 Å². The van der Waals surface area contributed by atoms with E-state index in [2.05, 4.69) is 20.9 Å². The van der Waals surface area contributed by atoms with E-state index in [1.54, 1.807) is 18.3 Å². The average Bonchev–Trinajstić information content (AvgIpc) is 2.84. The first-order valence-electron chi connectivity index (χ1n) is 8.00. The Bertz CT molecular complexity index is 1080. The minimum atomic E-state index is -0.405. The third-order valence-electron chi connectivity index (χ3n) is 4.32. The van der Waals surface area contributed by atoms with E-state index in [1.165, 1.54) is 19.5 Å². The standard InChI is InChI=1S/C21H14FN3O/c1-3-13-7-8-15-16(9-13)21(19-17(22)5-4-6-18(19)26-2)24-11-14-10-23-12-25-20(14)15/h1,4-10,12H,11H2,2H3. The third-order valence-corrected chi connectivity index (χ3v) is 4.32. The molecule has 126 valence electrons. The van der Waals surface area contributed by atoms with Gasteiger partial charge in [-0.3, -0.25) is 4.99 Å². The van der Waals surface area contributed by atoms with Crippen molar-refractivity contribution in [1.82, 2.24) is 9.97 Å². The predicted octanol–water partition coefficient (Wildman–Crippen LogP) is 3.62. The summed E-state index contributed by atoms with van der Waals surface area (Å²) in [5, 5.41) is 0. The van der Waals surface area contributed by atoms with Gasteiger partial charge in [0.1, 0.15) is 17.9 Å². The number of terminal acetylenes is 1. The topological polar surface area (TPSA) is 47.4 Å². The van der Waals surface area contributed by atoms with Crippen LogP contribution in [0.5, 0.6) is 5.75 Å². The molecule has 0 amide bonds. The van der Waals surface area contributed by atoms with Gasteiger partial charge in [-0.1, -0.05) is 18.1 Å². The normalized spacial score (nSPS) is 12.3. The maximum Gasteiger partial charge on any atom is 0.136 e. The largest absolute Gasteiger partial charge is 0.496 e. The zero-order chi connectivity index (χ0) is 18.1. The second kappa shape index (κ2) is 6.41. The number of aliphatic imine (C=N–C) groups is 1. The number of methoxy groups -OCH3 is 1. The fraction of sp³-hybridized carbons (Fsp3) is 0.0952. The van der Waals surface area contributed by atoms with Gasteiger partial charge < -0.3 is 4.74 Å². The van der Waals surface area contributed by atoms with Crippen LogP contribution in [-0.4, -0.2) is 22.8 Å². The first kappa shape index (κ1) is 16.0. The van der Waals surface area contributed by atoms with E-state index in [0.29, 0.717) is 29.1 Å². The molecule has 5 heteroatoms. The second-order valence-corrected chi connectivity index (χ2v) is 5.78. The molecule has 1 aromatic heterocycles. The average molecular weight is 343 g/mol. The van der Waals surface area contributed by atoms with Crippen LogP contribution in [0.2, 0.25) is 0 Å². The Morgan fingerprint density at radius 1 is 1.19 bits per heavy atom. The molecule has 0 N–H and O–H groups in total. The zero-order valence-corrected chi connectivity index (χ0v) is 14.0. The van der Waals surface area contributed by atoms with E-state index in [1.807, 2.05) is 18.2 Å². The van der Waals surface area contributed by atoms with Crippen LogP contribution in [0.4, 0.5) is 4.39 Å². The Morgan fingerprint density at radius 3 is 2.88 bits per heavy atom. The first-order chi connectivity index (χ1) is 12.7. The minimum Gasteiger partial charge on any atom is -0.496 e. The summed E-state index contributed by atoms with van der Waals surface area (Å²) in [4.78, 5) is 13.2. The van der Waals surface area contributed by atoms with Crippen molar-refractivity contribution in [3.8, 4) is 29.4 Å². The highest BCUT2D eigenvalue weighted by Gasteiger charge is 2.24. The number of aromatic nitrogens is 2. The summed E-state index contributed by atoms with van der Waals surface area (Å²) in [5.74, 6) is 2.63. The van der Waals surface area contributed by atoms with Crippen LogP contribution in [0.3, 0.4) is 0 Å². The molecule has 0 saturated carbocycles. The Kier molecular flexibility index (Phi) is 3.94. The molecule has 26 heavy (non-hydrogen) atoms. The first-order valence-corrected chi connectivity index (χ1v) is 8.00. The van der Waals surface area contributed by atoms with Gasteiger partial charge in [-0.2, -0.15) is 0 Å². The molecular weight excluding hydrogens is 329 g/mol. The van der Waals surface area contributed by atoms with Crippen LogP contribution < -0.4 is 4.74 Å². The van der Waals surface area contributed by atoms with E-state index < -0.39 is 5.82 Å². The molecule has 0 spiro atoms. The second-order valence-electron chi connectivity index (χ2n) is 5.78. The quantitative estimate of drug-likeness (QED) is 0.668. The summed E-state index contributed by atoms with van der Waals surface area (Å²) in [7, 11) is 1.51. The van der Waals surface area contributed by atoms with Crippen molar-refractivity contribution in [3.05, 3.63) is 77.0 Å². The van der Waals surface area contributed by atoms with Crippen LogP contribution in [0.25, 0.3) is 11.3 Å². The van der Waals surface area contributed by atoms with Gasteiger partial charge in [-0.25, -0.2) is 14.4 Å². The van der Waals surface area contributed by atoms with Crippen molar-refractivity contribution in [1.29, 1.82) is 0 Å². The van der Waals surface area contributed by atoms with Crippen LogP contribution in [0.15, 0.2) is 53.9 Å². The van der Waals surface area contributed by atoms with Crippen molar-refractivity contribution in [3.63, 3.8) is 0 Å². The van der Waals surface area contributed by atoms with Crippen molar-refractivity contribution in [2.45, 2.75) is 6.54 Å². The van der Waals surface area contributed by atoms with Gasteiger partial charge in [0, 0.05) is 28.5 Å². The molecule has 0 saturated heterocycles. The van der Waals surface area contributed by atoms with Crippen LogP contribution >= 0.6 is 0 Å². The lowest BCUT2D eigenvalue weighted by molar-refractivity contribution is 0.410. The molecule has 0 unspecified atom stereocenters. The summed E-state index contributed by atoms with van der Waals surface area (Å²) in [6.45, 7) is 0.336. The van der Waals surface area contributed by atoms with Crippen LogP contribution in [0.1, 0.15) is 22.3 Å². The minimum absolute atomic E-state index is 0.311. The fourth-order valence-electron chi connectivity index (χ4n) is 3.12. The Labute approximate surface area is 150 Å². The molecule has 0 atom stereocenters. The number of fused-ring (bicyclic) bond motifs is 3. The lowest BCUT2D eigenvalue weighted by Crippen LogP contribution is -2.10. The number of hydrogen-bond acceptors (Lipinski definition) is 4. The molecule has 1 aliphatic rings. The summed E-state index contributed by atoms with van der Waals surface area (Å²) >= 11 is 0. The Hall–Kier alpha value is -3.52. The Balaban J connectivity index is 2.05. The van der Waals surface area contributed by atoms with E-state index in [9.17, 15) is 4.39 Å². The molecule has 0 radical (unpaired) electrons. The predicted molar refractivity (Wildman–Crippen MR) is 97.7 cm³/mol. The maximum atomic E-state index is 14.7. The molecule has 3 aromatic rings. The molecule has 4 nitrogen and oxygen atoms in total. The molecule has 2 aromatic carbocycles. The van der Waals surface area contributed by atoms with Gasteiger partial charge in [0.2, 0.25) is 0 Å². The highest BCUT2D eigenvalue weighted by atomic mass is 19.1. The monoisotopic (exact) mass is 343 g/mol. The van der Waals surface area contributed by atoms with E-state index >= 15 is 0 Å². The maximum absolute atomic E-state index is 14.7.